The van der Waals surface area contributed by atoms with Crippen LogP contribution in [-0.2, 0) is 15.6 Å². The maximum atomic E-state index is 13.1. The number of aryl methyl sites for hydroxylation is 2. The van der Waals surface area contributed by atoms with Gasteiger partial charge in [0.05, 0.1) is 16.1 Å². The van der Waals surface area contributed by atoms with Gasteiger partial charge in [0.1, 0.15) is 5.54 Å². The highest BCUT2D eigenvalue weighted by atomic mass is 32.2. The molecule has 206 valence electrons. The van der Waals surface area contributed by atoms with Gasteiger partial charge in [-0.3, -0.25) is 4.72 Å². The van der Waals surface area contributed by atoms with Crippen LogP contribution < -0.4 is 4.72 Å². The Morgan fingerprint density at radius 3 is 1.93 bits per heavy atom. The van der Waals surface area contributed by atoms with Gasteiger partial charge in [-0.25, -0.2) is 8.42 Å². The Bertz CT molecular complexity index is 2060. The third kappa shape index (κ3) is 4.08. The van der Waals surface area contributed by atoms with Crippen LogP contribution in [0, 0.1) is 13.8 Å². The molecule has 0 bridgehead atoms. The Morgan fingerprint density at radius 2 is 1.24 bits per heavy atom. The van der Waals surface area contributed by atoms with E-state index < -0.39 is 15.6 Å². The molecule has 0 saturated heterocycles. The number of nitrogens with one attached hydrogen (secondary N) is 1. The van der Waals surface area contributed by atoms with Crippen molar-refractivity contribution in [2.75, 3.05) is 4.72 Å². The molecule has 6 aromatic rings. The second-order valence-electron chi connectivity index (χ2n) is 10.9. The van der Waals surface area contributed by atoms with Crippen LogP contribution in [0.4, 0.5) is 5.69 Å². The predicted molar refractivity (Wildman–Crippen MR) is 171 cm³/mol. The lowest BCUT2D eigenvalue weighted by Crippen LogP contribution is -2.32. The third-order valence-corrected chi connectivity index (χ3v) is 9.69. The molecular weight excluding hydrogens is 536 g/mol. The van der Waals surface area contributed by atoms with E-state index in [1.807, 2.05) is 43.3 Å². The second kappa shape index (κ2) is 9.89. The summed E-state index contributed by atoms with van der Waals surface area (Å²) >= 11 is 0. The van der Waals surface area contributed by atoms with Crippen LogP contribution in [-0.4, -0.2) is 13.0 Å². The largest absolute Gasteiger partial charge is 0.322 e. The van der Waals surface area contributed by atoms with Gasteiger partial charge in [-0.1, -0.05) is 109 Å². The van der Waals surface area contributed by atoms with Crippen LogP contribution >= 0.6 is 0 Å². The summed E-state index contributed by atoms with van der Waals surface area (Å²) in [5, 5.41) is 1.22. The Kier molecular flexibility index (Phi) is 6.14. The molecule has 42 heavy (non-hydrogen) atoms. The molecule has 7 rings (SSSR count). The number of hydrogen-bond acceptors (Lipinski definition) is 2. The summed E-state index contributed by atoms with van der Waals surface area (Å²) in [7, 11) is -3.72. The van der Waals surface area contributed by atoms with E-state index >= 15 is 0 Å². The van der Waals surface area contributed by atoms with Crippen molar-refractivity contribution in [3.63, 3.8) is 0 Å². The van der Waals surface area contributed by atoms with Gasteiger partial charge in [-0.2, -0.15) is 0 Å². The van der Waals surface area contributed by atoms with Crippen molar-refractivity contribution >= 4 is 32.2 Å². The van der Waals surface area contributed by atoms with E-state index in [9.17, 15) is 8.42 Å². The maximum Gasteiger partial charge on any atom is 0.261 e. The number of fused-ring (bicyclic) bond motifs is 3. The number of allylic oxidation sites excluding steroid dienone is 1. The average molecular weight is 567 g/mol. The molecule has 5 aromatic carbocycles. The number of benzene rings is 5. The molecule has 2 heterocycles. The monoisotopic (exact) mass is 566 g/mol. The van der Waals surface area contributed by atoms with Gasteiger partial charge in [-0.15, -0.1) is 0 Å². The van der Waals surface area contributed by atoms with Gasteiger partial charge in [0, 0.05) is 16.6 Å². The summed E-state index contributed by atoms with van der Waals surface area (Å²) in [4.78, 5) is 0.239. The fourth-order valence-electron chi connectivity index (χ4n) is 6.28. The van der Waals surface area contributed by atoms with Crippen molar-refractivity contribution in [3.8, 4) is 0 Å². The lowest BCUT2D eigenvalue weighted by Gasteiger charge is -2.33. The van der Waals surface area contributed by atoms with Crippen molar-refractivity contribution < 1.29 is 8.42 Å². The third-order valence-electron chi connectivity index (χ3n) is 8.30. The Hall–Kier alpha value is -4.87. The van der Waals surface area contributed by atoms with Crippen molar-refractivity contribution in [2.45, 2.75) is 24.3 Å². The molecule has 0 spiro atoms. The standard InChI is InChI=1S/C37H30N2O2S/c1-26-17-23-32(24-18-26)42(40,41)38-31-21-19-30(20-22-31)37(29-13-7-4-8-14-29)25-34(28-11-5-3-6-12-28)36-27(2)33-15-9-10-16-35(33)39(36)37/h3-25,38H,1-2H3. The van der Waals surface area contributed by atoms with Gasteiger partial charge in [0.25, 0.3) is 10.0 Å². The Labute approximate surface area is 246 Å². The molecule has 0 fully saturated rings. The minimum absolute atomic E-state index is 0.239. The Morgan fingerprint density at radius 1 is 0.643 bits per heavy atom. The van der Waals surface area contributed by atoms with Crippen LogP contribution in [0.25, 0.3) is 16.5 Å². The average Bonchev–Trinajstić information content (AvgIpc) is 3.53. The first kappa shape index (κ1) is 26.1. The normalized spacial score (nSPS) is 16.3. The predicted octanol–water partition coefficient (Wildman–Crippen LogP) is 8.30. The lowest BCUT2D eigenvalue weighted by atomic mass is 9.81. The van der Waals surface area contributed by atoms with E-state index in [2.05, 4.69) is 95.1 Å². The quantitative estimate of drug-likeness (QED) is 0.220. The topological polar surface area (TPSA) is 51.1 Å². The van der Waals surface area contributed by atoms with Crippen LogP contribution in [0.5, 0.6) is 0 Å². The summed E-state index contributed by atoms with van der Waals surface area (Å²) < 4.78 is 31.5. The molecule has 0 radical (unpaired) electrons. The van der Waals surface area contributed by atoms with Crippen LogP contribution in [0.3, 0.4) is 0 Å². The van der Waals surface area contributed by atoms with E-state index in [-0.39, 0.29) is 4.90 Å². The number of sulfonamides is 1. The molecule has 0 amide bonds. The first-order valence-electron chi connectivity index (χ1n) is 14.0. The highest BCUT2D eigenvalue weighted by Gasteiger charge is 2.43. The minimum atomic E-state index is -3.72. The van der Waals surface area contributed by atoms with Gasteiger partial charge in [0.2, 0.25) is 0 Å². The van der Waals surface area contributed by atoms with Crippen LogP contribution in [0.15, 0.2) is 144 Å². The van der Waals surface area contributed by atoms with Crippen LogP contribution in [0.1, 0.15) is 33.5 Å². The molecular formula is C37H30N2O2S. The number of hydrogen-bond donors (Lipinski definition) is 1. The highest BCUT2D eigenvalue weighted by molar-refractivity contribution is 7.92. The number of para-hydroxylation sites is 1. The molecule has 1 atom stereocenters. The maximum absolute atomic E-state index is 13.1. The molecule has 1 aromatic heterocycles. The van der Waals surface area contributed by atoms with E-state index in [1.165, 1.54) is 22.2 Å². The SMILES string of the molecule is Cc1ccc(S(=O)(=O)Nc2ccc(C3(c4ccccc4)C=C(c4ccccc4)c4c(C)c5ccccc5n43)cc2)cc1. The van der Waals surface area contributed by atoms with E-state index in [0.29, 0.717) is 5.69 Å². The summed E-state index contributed by atoms with van der Waals surface area (Å²) in [6, 6.07) is 44.3. The summed E-state index contributed by atoms with van der Waals surface area (Å²) in [6.07, 6.45) is 2.37. The molecule has 4 nitrogen and oxygen atoms in total. The molecule has 1 aliphatic rings. The van der Waals surface area contributed by atoms with Crippen molar-refractivity contribution in [3.05, 3.63) is 173 Å². The lowest BCUT2D eigenvalue weighted by molar-refractivity contribution is 0.568. The molecule has 1 aliphatic heterocycles. The zero-order chi connectivity index (χ0) is 28.9. The fraction of sp³-hybridized carbons (Fsp3) is 0.0811. The van der Waals surface area contributed by atoms with E-state index in [4.69, 9.17) is 0 Å². The zero-order valence-electron chi connectivity index (χ0n) is 23.5. The smallest absolute Gasteiger partial charge is 0.261 e. The number of rotatable bonds is 6. The fourth-order valence-corrected chi connectivity index (χ4v) is 7.34. The van der Waals surface area contributed by atoms with Gasteiger partial charge in [-0.05, 0) is 72.5 Å². The summed E-state index contributed by atoms with van der Waals surface area (Å²) in [5.41, 5.74) is 8.96. The zero-order valence-corrected chi connectivity index (χ0v) is 24.3. The van der Waals surface area contributed by atoms with Gasteiger partial charge >= 0.3 is 0 Å². The molecule has 0 saturated carbocycles. The number of nitrogens with zero attached hydrogens (tertiary/aromatic N) is 1. The number of aromatic nitrogens is 1. The molecule has 1 unspecified atom stereocenters. The van der Waals surface area contributed by atoms with E-state index in [0.717, 1.165) is 27.8 Å². The molecule has 0 aliphatic carbocycles. The summed E-state index contributed by atoms with van der Waals surface area (Å²) in [6.45, 7) is 4.14. The van der Waals surface area contributed by atoms with Crippen molar-refractivity contribution in [2.24, 2.45) is 0 Å². The van der Waals surface area contributed by atoms with Gasteiger partial charge < -0.3 is 4.57 Å². The molecule has 5 heteroatoms. The second-order valence-corrected chi connectivity index (χ2v) is 12.6. The van der Waals surface area contributed by atoms with E-state index in [1.54, 1.807) is 24.3 Å². The summed E-state index contributed by atoms with van der Waals surface area (Å²) in [5.74, 6) is 0. The Balaban J connectivity index is 1.43. The highest BCUT2D eigenvalue weighted by Crippen LogP contribution is 2.51. The first-order valence-corrected chi connectivity index (χ1v) is 15.5. The van der Waals surface area contributed by atoms with Crippen LogP contribution in [0.2, 0.25) is 0 Å². The first-order chi connectivity index (χ1) is 20.4. The molecule has 1 N–H and O–H groups in total. The van der Waals surface area contributed by atoms with Crippen molar-refractivity contribution in [1.29, 1.82) is 0 Å². The van der Waals surface area contributed by atoms with Crippen molar-refractivity contribution in [1.82, 2.24) is 4.57 Å². The minimum Gasteiger partial charge on any atom is -0.322 e. The number of anilines is 1. The van der Waals surface area contributed by atoms with Gasteiger partial charge in [0.15, 0.2) is 0 Å².